The highest BCUT2D eigenvalue weighted by Crippen LogP contribution is 2.22. The SMILES string of the molecule is Cc1ccc(OCC2OC2C)cc1. The third-order valence-corrected chi connectivity index (χ3v) is 2.27. The fraction of sp³-hybridized carbons (Fsp3) is 0.455. The molecule has 2 atom stereocenters. The lowest BCUT2D eigenvalue weighted by Crippen LogP contribution is -2.05. The van der Waals surface area contributed by atoms with Gasteiger partial charge in [-0.05, 0) is 26.0 Å². The summed E-state index contributed by atoms with van der Waals surface area (Å²) in [6, 6.07) is 8.07. The normalized spacial score (nSPS) is 25.7. The van der Waals surface area contributed by atoms with Gasteiger partial charge in [0.05, 0.1) is 6.10 Å². The number of ether oxygens (including phenoxy) is 2. The van der Waals surface area contributed by atoms with Gasteiger partial charge in [0.25, 0.3) is 0 Å². The van der Waals surface area contributed by atoms with Crippen LogP contribution in [0, 0.1) is 6.92 Å². The third kappa shape index (κ3) is 2.22. The number of hydrogen-bond donors (Lipinski definition) is 0. The smallest absolute Gasteiger partial charge is 0.119 e. The predicted molar refractivity (Wildman–Crippen MR) is 51.0 cm³/mol. The van der Waals surface area contributed by atoms with E-state index >= 15 is 0 Å². The Morgan fingerprint density at radius 2 is 1.92 bits per heavy atom. The lowest BCUT2D eigenvalue weighted by Gasteiger charge is -2.03. The molecule has 0 aromatic heterocycles. The van der Waals surface area contributed by atoms with E-state index in [0.717, 1.165) is 5.75 Å². The highest BCUT2D eigenvalue weighted by Gasteiger charge is 2.34. The molecule has 1 saturated heterocycles. The minimum Gasteiger partial charge on any atom is -0.491 e. The molecule has 2 nitrogen and oxygen atoms in total. The van der Waals surface area contributed by atoms with Crippen LogP contribution < -0.4 is 4.74 Å². The van der Waals surface area contributed by atoms with Crippen molar-refractivity contribution in [3.05, 3.63) is 29.8 Å². The zero-order chi connectivity index (χ0) is 9.26. The van der Waals surface area contributed by atoms with Crippen LogP contribution in [0.5, 0.6) is 5.75 Å². The molecule has 0 radical (unpaired) electrons. The molecular weight excluding hydrogens is 164 g/mol. The summed E-state index contributed by atoms with van der Waals surface area (Å²) in [5.41, 5.74) is 1.25. The minimum absolute atomic E-state index is 0.307. The van der Waals surface area contributed by atoms with Crippen LogP contribution in [-0.4, -0.2) is 18.8 Å². The van der Waals surface area contributed by atoms with Gasteiger partial charge in [-0.1, -0.05) is 17.7 Å². The second-order valence-electron chi connectivity index (χ2n) is 3.50. The Bertz CT molecular complexity index is 279. The first kappa shape index (κ1) is 8.57. The second kappa shape index (κ2) is 3.38. The zero-order valence-corrected chi connectivity index (χ0v) is 7.99. The number of rotatable bonds is 3. The Balaban J connectivity index is 1.84. The molecule has 13 heavy (non-hydrogen) atoms. The number of aryl methyl sites for hydroxylation is 1. The summed E-state index contributed by atoms with van der Waals surface area (Å²) in [6.07, 6.45) is 0.687. The molecule has 1 aromatic carbocycles. The number of hydrogen-bond acceptors (Lipinski definition) is 2. The molecule has 70 valence electrons. The van der Waals surface area contributed by atoms with E-state index in [2.05, 4.69) is 13.8 Å². The third-order valence-electron chi connectivity index (χ3n) is 2.27. The van der Waals surface area contributed by atoms with Crippen LogP contribution in [0.2, 0.25) is 0 Å². The molecular formula is C11H14O2. The summed E-state index contributed by atoms with van der Waals surface area (Å²) < 4.78 is 10.8. The van der Waals surface area contributed by atoms with E-state index in [0.29, 0.717) is 18.8 Å². The first-order valence-electron chi connectivity index (χ1n) is 4.60. The van der Waals surface area contributed by atoms with Crippen LogP contribution in [0.15, 0.2) is 24.3 Å². The van der Waals surface area contributed by atoms with E-state index in [1.807, 2.05) is 24.3 Å². The van der Waals surface area contributed by atoms with Gasteiger partial charge in [0.1, 0.15) is 18.5 Å². The summed E-state index contributed by atoms with van der Waals surface area (Å²) in [7, 11) is 0. The van der Waals surface area contributed by atoms with E-state index in [1.54, 1.807) is 0 Å². The van der Waals surface area contributed by atoms with Gasteiger partial charge in [0.2, 0.25) is 0 Å². The van der Waals surface area contributed by atoms with Crippen LogP contribution in [0.4, 0.5) is 0 Å². The van der Waals surface area contributed by atoms with Gasteiger partial charge in [-0.2, -0.15) is 0 Å². The molecule has 2 unspecified atom stereocenters. The number of benzene rings is 1. The van der Waals surface area contributed by atoms with E-state index in [-0.39, 0.29) is 0 Å². The monoisotopic (exact) mass is 178 g/mol. The summed E-state index contributed by atoms with van der Waals surface area (Å²) in [5.74, 6) is 0.924. The van der Waals surface area contributed by atoms with Crippen molar-refractivity contribution in [2.75, 3.05) is 6.61 Å². The molecule has 2 rings (SSSR count). The van der Waals surface area contributed by atoms with Crippen molar-refractivity contribution in [2.45, 2.75) is 26.1 Å². The Morgan fingerprint density at radius 1 is 1.31 bits per heavy atom. The van der Waals surface area contributed by atoms with Gasteiger partial charge in [-0.15, -0.1) is 0 Å². The molecule has 1 aliphatic rings. The van der Waals surface area contributed by atoms with Crippen molar-refractivity contribution in [3.8, 4) is 5.75 Å². The fourth-order valence-electron chi connectivity index (χ4n) is 1.22. The van der Waals surface area contributed by atoms with Gasteiger partial charge < -0.3 is 9.47 Å². The summed E-state index contributed by atoms with van der Waals surface area (Å²) in [5, 5.41) is 0. The maximum Gasteiger partial charge on any atom is 0.119 e. The van der Waals surface area contributed by atoms with Crippen molar-refractivity contribution in [1.82, 2.24) is 0 Å². The van der Waals surface area contributed by atoms with E-state index < -0.39 is 0 Å². The first-order chi connectivity index (χ1) is 6.25. The first-order valence-corrected chi connectivity index (χ1v) is 4.60. The van der Waals surface area contributed by atoms with Crippen molar-refractivity contribution in [3.63, 3.8) is 0 Å². The van der Waals surface area contributed by atoms with Gasteiger partial charge >= 0.3 is 0 Å². The maximum absolute atomic E-state index is 5.53. The van der Waals surface area contributed by atoms with Crippen LogP contribution in [-0.2, 0) is 4.74 Å². The van der Waals surface area contributed by atoms with Crippen molar-refractivity contribution in [2.24, 2.45) is 0 Å². The molecule has 1 heterocycles. The largest absolute Gasteiger partial charge is 0.491 e. The molecule has 0 spiro atoms. The van der Waals surface area contributed by atoms with Crippen molar-refractivity contribution >= 4 is 0 Å². The molecule has 1 fully saturated rings. The maximum atomic E-state index is 5.53. The highest BCUT2D eigenvalue weighted by atomic mass is 16.6. The number of epoxide rings is 1. The molecule has 1 aliphatic heterocycles. The van der Waals surface area contributed by atoms with Crippen LogP contribution >= 0.6 is 0 Å². The Kier molecular flexibility index (Phi) is 2.23. The Labute approximate surface area is 78.5 Å². The lowest BCUT2D eigenvalue weighted by molar-refractivity contribution is 0.261. The minimum atomic E-state index is 0.307. The topological polar surface area (TPSA) is 21.8 Å². The molecule has 0 bridgehead atoms. The van der Waals surface area contributed by atoms with E-state index in [9.17, 15) is 0 Å². The zero-order valence-electron chi connectivity index (χ0n) is 7.99. The lowest BCUT2D eigenvalue weighted by atomic mass is 10.2. The predicted octanol–water partition coefficient (Wildman–Crippen LogP) is 2.16. The summed E-state index contributed by atoms with van der Waals surface area (Å²) in [4.78, 5) is 0. The van der Waals surface area contributed by atoms with Crippen molar-refractivity contribution < 1.29 is 9.47 Å². The standard InChI is InChI=1S/C11H14O2/c1-8-3-5-10(6-4-8)12-7-11-9(2)13-11/h3-6,9,11H,7H2,1-2H3. The highest BCUT2D eigenvalue weighted by molar-refractivity contribution is 5.26. The van der Waals surface area contributed by atoms with Gasteiger partial charge in [0.15, 0.2) is 0 Å². The Hall–Kier alpha value is -1.02. The van der Waals surface area contributed by atoms with E-state index in [4.69, 9.17) is 9.47 Å². The van der Waals surface area contributed by atoms with Gasteiger partial charge in [-0.3, -0.25) is 0 Å². The Morgan fingerprint density at radius 3 is 2.46 bits per heavy atom. The summed E-state index contributed by atoms with van der Waals surface area (Å²) >= 11 is 0. The van der Waals surface area contributed by atoms with E-state index in [1.165, 1.54) is 5.56 Å². The fourth-order valence-corrected chi connectivity index (χ4v) is 1.22. The summed E-state index contributed by atoms with van der Waals surface area (Å²) in [6.45, 7) is 4.79. The average Bonchev–Trinajstić information content (AvgIpc) is 2.81. The molecule has 0 amide bonds. The van der Waals surface area contributed by atoms with Gasteiger partial charge in [0, 0.05) is 0 Å². The van der Waals surface area contributed by atoms with Crippen molar-refractivity contribution in [1.29, 1.82) is 0 Å². The van der Waals surface area contributed by atoms with Crippen LogP contribution in [0.3, 0.4) is 0 Å². The molecule has 1 aromatic rings. The van der Waals surface area contributed by atoms with Gasteiger partial charge in [-0.25, -0.2) is 0 Å². The van der Waals surface area contributed by atoms with Crippen LogP contribution in [0.1, 0.15) is 12.5 Å². The molecule has 0 aliphatic carbocycles. The average molecular weight is 178 g/mol. The van der Waals surface area contributed by atoms with Crippen LogP contribution in [0.25, 0.3) is 0 Å². The second-order valence-corrected chi connectivity index (χ2v) is 3.50. The molecule has 0 saturated carbocycles. The molecule has 0 N–H and O–H groups in total. The molecule has 2 heteroatoms. The quantitative estimate of drug-likeness (QED) is 0.661.